The molecule has 0 saturated heterocycles. The Kier molecular flexibility index (Phi) is 4.37. The van der Waals surface area contributed by atoms with Crippen molar-refractivity contribution in [2.24, 2.45) is 11.8 Å². The highest BCUT2D eigenvalue weighted by molar-refractivity contribution is 7.16. The van der Waals surface area contributed by atoms with Crippen LogP contribution in [0.3, 0.4) is 0 Å². The van der Waals surface area contributed by atoms with E-state index in [1.54, 1.807) is 6.92 Å². The van der Waals surface area contributed by atoms with Gasteiger partial charge in [-0.2, -0.15) is 0 Å². The van der Waals surface area contributed by atoms with Crippen LogP contribution in [0.1, 0.15) is 80.6 Å². The zero-order valence-electron chi connectivity index (χ0n) is 14.4. The molecule has 2 unspecified atom stereocenters. The van der Waals surface area contributed by atoms with Crippen LogP contribution in [-0.4, -0.2) is 11.3 Å². The number of Topliss-reactive ketones (excluding diaryl/α,β-unsaturated/α-hetero) is 1. The maximum absolute atomic E-state index is 12.2. The molecular formula is C19H29NOS. The van der Waals surface area contributed by atoms with Crippen LogP contribution < -0.4 is 5.32 Å². The topological polar surface area (TPSA) is 29.1 Å². The minimum absolute atomic E-state index is 0.0582. The number of ketones is 1. The molecule has 1 aromatic rings. The van der Waals surface area contributed by atoms with E-state index in [1.165, 1.54) is 42.5 Å². The van der Waals surface area contributed by atoms with Crippen molar-refractivity contribution in [2.75, 3.05) is 5.32 Å². The number of nitrogens with one attached hydrogen (secondary N) is 1. The molecule has 0 bridgehead atoms. The van der Waals surface area contributed by atoms with Crippen molar-refractivity contribution < 1.29 is 4.79 Å². The predicted molar refractivity (Wildman–Crippen MR) is 95.2 cm³/mol. The Hall–Kier alpha value is -0.830. The van der Waals surface area contributed by atoms with Crippen molar-refractivity contribution >= 4 is 22.1 Å². The van der Waals surface area contributed by atoms with Crippen LogP contribution in [0.25, 0.3) is 0 Å². The van der Waals surface area contributed by atoms with Crippen LogP contribution in [-0.2, 0) is 12.8 Å². The fraction of sp³-hybridized carbons (Fsp3) is 0.737. The molecule has 0 spiro atoms. The lowest BCUT2D eigenvalue weighted by Crippen LogP contribution is -2.44. The van der Waals surface area contributed by atoms with E-state index in [2.05, 4.69) is 26.1 Å². The molecule has 3 rings (SSSR count). The van der Waals surface area contributed by atoms with Gasteiger partial charge in [-0.3, -0.25) is 4.79 Å². The largest absolute Gasteiger partial charge is 0.371 e. The first-order valence-electron chi connectivity index (χ1n) is 8.84. The Bertz CT molecular complexity index is 572. The first-order valence-corrected chi connectivity index (χ1v) is 9.65. The molecule has 1 aromatic heterocycles. The monoisotopic (exact) mass is 319 g/mol. The second-order valence-electron chi connectivity index (χ2n) is 7.83. The SMILES string of the molecule is CC(=O)c1c(NC(C)(C)C2CCCCC2C)sc2c1CCC2. The number of rotatable bonds is 4. The Labute approximate surface area is 138 Å². The molecule has 0 aromatic carbocycles. The number of thiophene rings is 1. The second-order valence-corrected chi connectivity index (χ2v) is 8.94. The van der Waals surface area contributed by atoms with Crippen LogP contribution >= 0.6 is 11.3 Å². The second kappa shape index (κ2) is 5.99. The standard InChI is InChI=1S/C19H29NOS/c1-12-8-5-6-10-15(12)19(3,4)20-18-17(13(2)21)14-9-7-11-16(14)22-18/h12,15,20H,5-11H2,1-4H3. The number of hydrogen-bond acceptors (Lipinski definition) is 3. The van der Waals surface area contributed by atoms with Crippen molar-refractivity contribution in [2.45, 2.75) is 78.2 Å². The predicted octanol–water partition coefficient (Wildman–Crippen LogP) is 5.46. The number of carbonyl (C=O) groups is 1. The van der Waals surface area contributed by atoms with Crippen molar-refractivity contribution in [3.8, 4) is 0 Å². The first-order chi connectivity index (χ1) is 10.4. The van der Waals surface area contributed by atoms with Crippen molar-refractivity contribution in [3.63, 3.8) is 0 Å². The quantitative estimate of drug-likeness (QED) is 0.747. The van der Waals surface area contributed by atoms with E-state index in [4.69, 9.17) is 0 Å². The van der Waals surface area contributed by atoms with E-state index < -0.39 is 0 Å². The average Bonchev–Trinajstić information content (AvgIpc) is 2.97. The van der Waals surface area contributed by atoms with Crippen molar-refractivity contribution in [1.29, 1.82) is 0 Å². The van der Waals surface area contributed by atoms with Crippen molar-refractivity contribution in [3.05, 3.63) is 16.0 Å². The van der Waals surface area contributed by atoms with Gasteiger partial charge < -0.3 is 5.32 Å². The summed E-state index contributed by atoms with van der Waals surface area (Å²) in [5, 5.41) is 4.93. The lowest BCUT2D eigenvalue weighted by atomic mass is 9.70. The van der Waals surface area contributed by atoms with Gasteiger partial charge in [-0.15, -0.1) is 11.3 Å². The van der Waals surface area contributed by atoms with Crippen molar-refractivity contribution in [1.82, 2.24) is 0 Å². The molecular weight excluding hydrogens is 290 g/mol. The zero-order chi connectivity index (χ0) is 15.9. The van der Waals surface area contributed by atoms with E-state index in [0.717, 1.165) is 29.3 Å². The molecule has 2 atom stereocenters. The summed E-state index contributed by atoms with van der Waals surface area (Å²) in [6.07, 6.45) is 8.83. The maximum atomic E-state index is 12.2. The smallest absolute Gasteiger partial charge is 0.163 e. The third kappa shape index (κ3) is 2.84. The van der Waals surface area contributed by atoms with Gasteiger partial charge in [0.2, 0.25) is 0 Å². The first kappa shape index (κ1) is 16.0. The summed E-state index contributed by atoms with van der Waals surface area (Å²) in [5.41, 5.74) is 2.39. The summed E-state index contributed by atoms with van der Waals surface area (Å²) < 4.78 is 0. The molecule has 2 aliphatic carbocycles. The van der Waals surface area contributed by atoms with E-state index in [9.17, 15) is 4.79 Å². The fourth-order valence-corrected chi connectivity index (χ4v) is 6.14. The van der Waals surface area contributed by atoms with Gasteiger partial charge in [-0.05, 0) is 63.9 Å². The van der Waals surface area contributed by atoms with Gasteiger partial charge in [0.15, 0.2) is 5.78 Å². The molecule has 1 saturated carbocycles. The molecule has 1 fully saturated rings. The lowest BCUT2D eigenvalue weighted by molar-refractivity contribution is 0.101. The maximum Gasteiger partial charge on any atom is 0.163 e. The summed E-state index contributed by atoms with van der Waals surface area (Å²) in [4.78, 5) is 13.6. The summed E-state index contributed by atoms with van der Waals surface area (Å²) in [6, 6.07) is 0. The third-order valence-corrected chi connectivity index (χ3v) is 6.95. The van der Waals surface area contributed by atoms with Crippen LogP contribution in [0.15, 0.2) is 0 Å². The molecule has 122 valence electrons. The minimum atomic E-state index is 0.0582. The number of aryl methyl sites for hydroxylation is 1. The summed E-state index contributed by atoms with van der Waals surface area (Å²) in [5.74, 6) is 1.69. The highest BCUT2D eigenvalue weighted by Gasteiger charge is 2.36. The lowest BCUT2D eigenvalue weighted by Gasteiger charge is -2.42. The third-order valence-electron chi connectivity index (χ3n) is 5.75. The molecule has 0 radical (unpaired) electrons. The minimum Gasteiger partial charge on any atom is -0.371 e. The highest BCUT2D eigenvalue weighted by atomic mass is 32.1. The molecule has 0 aliphatic heterocycles. The summed E-state index contributed by atoms with van der Waals surface area (Å²) in [6.45, 7) is 8.78. The summed E-state index contributed by atoms with van der Waals surface area (Å²) >= 11 is 1.84. The Morgan fingerprint density at radius 2 is 1.91 bits per heavy atom. The molecule has 3 heteroatoms. The van der Waals surface area contributed by atoms with E-state index in [-0.39, 0.29) is 11.3 Å². The van der Waals surface area contributed by atoms with Gasteiger partial charge in [0.25, 0.3) is 0 Å². The molecule has 2 nitrogen and oxygen atoms in total. The number of anilines is 1. The van der Waals surface area contributed by atoms with Gasteiger partial charge in [-0.1, -0.05) is 26.2 Å². The van der Waals surface area contributed by atoms with Crippen LogP contribution in [0, 0.1) is 11.8 Å². The van der Waals surface area contributed by atoms with Crippen LogP contribution in [0.2, 0.25) is 0 Å². The van der Waals surface area contributed by atoms with Crippen LogP contribution in [0.5, 0.6) is 0 Å². The Morgan fingerprint density at radius 3 is 2.59 bits per heavy atom. The van der Waals surface area contributed by atoms with Gasteiger partial charge >= 0.3 is 0 Å². The molecule has 1 N–H and O–H groups in total. The van der Waals surface area contributed by atoms with E-state index >= 15 is 0 Å². The highest BCUT2D eigenvalue weighted by Crippen LogP contribution is 2.44. The zero-order valence-corrected chi connectivity index (χ0v) is 15.2. The number of fused-ring (bicyclic) bond motifs is 1. The molecule has 2 aliphatic rings. The fourth-order valence-electron chi connectivity index (χ4n) is 4.64. The van der Waals surface area contributed by atoms with Gasteiger partial charge in [0.1, 0.15) is 5.00 Å². The van der Waals surface area contributed by atoms with Gasteiger partial charge in [0, 0.05) is 10.4 Å². The van der Waals surface area contributed by atoms with Gasteiger partial charge in [0.05, 0.1) is 5.56 Å². The number of carbonyl (C=O) groups excluding carboxylic acids is 1. The average molecular weight is 320 g/mol. The Morgan fingerprint density at radius 1 is 1.18 bits per heavy atom. The summed E-state index contributed by atoms with van der Waals surface area (Å²) in [7, 11) is 0. The molecule has 1 heterocycles. The van der Waals surface area contributed by atoms with Crippen LogP contribution in [0.4, 0.5) is 5.00 Å². The normalized spacial score (nSPS) is 25.1. The van der Waals surface area contributed by atoms with E-state index in [1.807, 2.05) is 11.3 Å². The Balaban J connectivity index is 1.87. The number of hydrogen-bond donors (Lipinski definition) is 1. The molecule has 22 heavy (non-hydrogen) atoms. The molecule has 0 amide bonds. The van der Waals surface area contributed by atoms with E-state index in [0.29, 0.717) is 5.92 Å². The van der Waals surface area contributed by atoms with Gasteiger partial charge in [-0.25, -0.2) is 0 Å².